The van der Waals surface area contributed by atoms with E-state index in [-0.39, 0.29) is 18.4 Å². The lowest BCUT2D eigenvalue weighted by Gasteiger charge is -2.36. The molecule has 0 amide bonds. The number of likely N-dealkylation sites (N-methyl/N-ethyl adjacent to an activating group) is 1. The van der Waals surface area contributed by atoms with Gasteiger partial charge in [0.25, 0.3) is 0 Å². The molecule has 6 nitrogen and oxygen atoms in total. The van der Waals surface area contributed by atoms with Crippen molar-refractivity contribution < 1.29 is 18.7 Å². The number of anilines is 2. The maximum atomic E-state index is 16.2. The van der Waals surface area contributed by atoms with Gasteiger partial charge in [-0.1, -0.05) is 44.2 Å². The number of esters is 1. The second-order valence-electron chi connectivity index (χ2n) is 9.08. The van der Waals surface area contributed by atoms with Gasteiger partial charge in [0.15, 0.2) is 5.82 Å². The predicted octanol–water partition coefficient (Wildman–Crippen LogP) is 4.01. The summed E-state index contributed by atoms with van der Waals surface area (Å²) >= 11 is 0. The Labute approximate surface area is 196 Å². The van der Waals surface area contributed by atoms with Gasteiger partial charge < -0.3 is 24.6 Å². The maximum absolute atomic E-state index is 16.2. The minimum Gasteiger partial charge on any atom is -0.494 e. The van der Waals surface area contributed by atoms with E-state index in [0.29, 0.717) is 35.9 Å². The number of hydrogen-bond acceptors (Lipinski definition) is 6. The van der Waals surface area contributed by atoms with Crippen LogP contribution in [0, 0.1) is 11.7 Å². The van der Waals surface area contributed by atoms with Crippen LogP contribution in [-0.4, -0.2) is 52.9 Å². The number of methoxy groups -OCH3 is 2. The molecule has 0 aliphatic carbocycles. The van der Waals surface area contributed by atoms with E-state index >= 15 is 4.39 Å². The molecular formula is C26H36FN3O3. The highest BCUT2D eigenvalue weighted by Gasteiger charge is 2.31. The van der Waals surface area contributed by atoms with Crippen molar-refractivity contribution in [3.63, 3.8) is 0 Å². The first kappa shape index (κ1) is 24.8. The van der Waals surface area contributed by atoms with Gasteiger partial charge in [-0.25, -0.2) is 4.39 Å². The fourth-order valence-corrected chi connectivity index (χ4v) is 4.32. The molecule has 33 heavy (non-hydrogen) atoms. The highest BCUT2D eigenvalue weighted by molar-refractivity contribution is 5.79. The minimum atomic E-state index is -0.435. The molecule has 2 aromatic carbocycles. The lowest BCUT2D eigenvalue weighted by atomic mass is 9.95. The highest BCUT2D eigenvalue weighted by Crippen LogP contribution is 2.41. The molecule has 7 heteroatoms. The summed E-state index contributed by atoms with van der Waals surface area (Å²) in [6.07, 6.45) is 1.66. The van der Waals surface area contributed by atoms with Crippen molar-refractivity contribution in [3.05, 3.63) is 53.3 Å². The van der Waals surface area contributed by atoms with Crippen LogP contribution in [0.15, 0.2) is 36.4 Å². The fourth-order valence-electron chi connectivity index (χ4n) is 4.32. The summed E-state index contributed by atoms with van der Waals surface area (Å²) in [5, 5.41) is 3.58. The van der Waals surface area contributed by atoms with Crippen LogP contribution in [0.2, 0.25) is 0 Å². The van der Waals surface area contributed by atoms with Gasteiger partial charge in [-0.05, 0) is 30.9 Å². The molecule has 1 N–H and O–H groups in total. The molecule has 1 atom stereocenters. The van der Waals surface area contributed by atoms with E-state index in [2.05, 4.69) is 24.1 Å². The Morgan fingerprint density at radius 2 is 2.00 bits per heavy atom. The number of hydrogen-bond donors (Lipinski definition) is 1. The molecule has 1 aliphatic heterocycles. The van der Waals surface area contributed by atoms with Gasteiger partial charge in [-0.2, -0.15) is 0 Å². The van der Waals surface area contributed by atoms with Gasteiger partial charge in [0.05, 0.1) is 14.2 Å². The van der Waals surface area contributed by atoms with Crippen molar-refractivity contribution in [2.45, 2.75) is 39.3 Å². The van der Waals surface area contributed by atoms with Crippen LogP contribution < -0.4 is 19.9 Å². The van der Waals surface area contributed by atoms with Crippen molar-refractivity contribution in [2.24, 2.45) is 5.92 Å². The zero-order valence-corrected chi connectivity index (χ0v) is 20.4. The average Bonchev–Trinajstić information content (AvgIpc) is 2.79. The SMILES string of the molecule is COC(=O)CN(Cc1ccccc1)c1c(OC)cc2c(c1F)CC(NCCC(C)C)CN2C. The first-order valence-electron chi connectivity index (χ1n) is 11.5. The maximum Gasteiger partial charge on any atom is 0.325 e. The number of nitrogens with one attached hydrogen (secondary N) is 1. The lowest BCUT2D eigenvalue weighted by Crippen LogP contribution is -2.45. The molecule has 0 spiro atoms. The van der Waals surface area contributed by atoms with Crippen LogP contribution in [-0.2, 0) is 22.5 Å². The number of carbonyl (C=O) groups is 1. The summed E-state index contributed by atoms with van der Waals surface area (Å²) in [7, 11) is 4.85. The Balaban J connectivity index is 1.98. The van der Waals surface area contributed by atoms with Crippen molar-refractivity contribution in [1.29, 1.82) is 0 Å². The Bertz CT molecular complexity index is 936. The summed E-state index contributed by atoms with van der Waals surface area (Å²) in [6, 6.07) is 11.7. The van der Waals surface area contributed by atoms with Crippen molar-refractivity contribution in [3.8, 4) is 5.75 Å². The molecule has 3 rings (SSSR count). The van der Waals surface area contributed by atoms with Crippen LogP contribution in [0.1, 0.15) is 31.4 Å². The number of halogens is 1. The second-order valence-corrected chi connectivity index (χ2v) is 9.08. The second kappa shape index (κ2) is 11.4. The van der Waals surface area contributed by atoms with Crippen molar-refractivity contribution in [1.82, 2.24) is 5.32 Å². The van der Waals surface area contributed by atoms with Gasteiger partial charge >= 0.3 is 5.97 Å². The zero-order chi connectivity index (χ0) is 24.0. The molecule has 0 fully saturated rings. The highest BCUT2D eigenvalue weighted by atomic mass is 19.1. The molecule has 0 aromatic heterocycles. The Morgan fingerprint density at radius 1 is 1.27 bits per heavy atom. The smallest absolute Gasteiger partial charge is 0.325 e. The lowest BCUT2D eigenvalue weighted by molar-refractivity contribution is -0.139. The topological polar surface area (TPSA) is 54.0 Å². The van der Waals surface area contributed by atoms with E-state index in [4.69, 9.17) is 9.47 Å². The minimum absolute atomic E-state index is 0.0800. The number of ether oxygens (including phenoxy) is 2. The number of benzene rings is 2. The van der Waals surface area contributed by atoms with Crippen molar-refractivity contribution >= 4 is 17.3 Å². The molecule has 0 radical (unpaired) electrons. The molecular weight excluding hydrogens is 421 g/mol. The number of carbonyl (C=O) groups excluding carboxylic acids is 1. The molecule has 0 bridgehead atoms. The largest absolute Gasteiger partial charge is 0.494 e. The van der Waals surface area contributed by atoms with E-state index in [9.17, 15) is 4.79 Å². The van der Waals surface area contributed by atoms with Gasteiger partial charge in [0.2, 0.25) is 0 Å². The van der Waals surface area contributed by atoms with Gasteiger partial charge in [0, 0.05) is 43.5 Å². The van der Waals surface area contributed by atoms with Gasteiger partial charge in [-0.15, -0.1) is 0 Å². The van der Waals surface area contributed by atoms with Crippen LogP contribution in [0.25, 0.3) is 0 Å². The monoisotopic (exact) mass is 457 g/mol. The quantitative estimate of drug-likeness (QED) is 0.544. The number of rotatable bonds is 10. The Hall–Kier alpha value is -2.80. The molecule has 1 unspecified atom stereocenters. The third-order valence-electron chi connectivity index (χ3n) is 6.09. The summed E-state index contributed by atoms with van der Waals surface area (Å²) in [5.41, 5.74) is 2.73. The number of fused-ring (bicyclic) bond motifs is 1. The fraction of sp³-hybridized carbons (Fsp3) is 0.500. The summed E-state index contributed by atoms with van der Waals surface area (Å²) in [6.45, 7) is 6.37. The molecule has 180 valence electrons. The van der Waals surface area contributed by atoms with E-state index in [1.165, 1.54) is 14.2 Å². The first-order valence-corrected chi connectivity index (χ1v) is 11.5. The standard InChI is InChI=1S/C26H36FN3O3/c1-18(2)11-12-28-20-13-21-22(29(3)16-20)14-23(32-4)26(25(21)27)30(17-24(31)33-5)15-19-9-7-6-8-10-19/h6-10,14,18,20,28H,11-13,15-17H2,1-5H3. The summed E-state index contributed by atoms with van der Waals surface area (Å²) in [4.78, 5) is 16.0. The molecule has 0 saturated heterocycles. The van der Waals surface area contributed by atoms with Crippen LogP contribution in [0.3, 0.4) is 0 Å². The average molecular weight is 458 g/mol. The third-order valence-corrected chi connectivity index (χ3v) is 6.09. The van der Waals surface area contributed by atoms with E-state index in [1.54, 1.807) is 4.90 Å². The summed E-state index contributed by atoms with van der Waals surface area (Å²) < 4.78 is 26.7. The van der Waals surface area contributed by atoms with E-state index in [1.807, 2.05) is 43.4 Å². The van der Waals surface area contributed by atoms with E-state index in [0.717, 1.165) is 30.8 Å². The third kappa shape index (κ3) is 6.16. The van der Waals surface area contributed by atoms with Crippen LogP contribution in [0.5, 0.6) is 5.75 Å². The summed E-state index contributed by atoms with van der Waals surface area (Å²) in [5.74, 6) is 0.245. The number of nitrogens with zero attached hydrogens (tertiary/aromatic N) is 2. The molecule has 1 heterocycles. The predicted molar refractivity (Wildman–Crippen MR) is 131 cm³/mol. The Kier molecular flexibility index (Phi) is 8.55. The normalized spacial score (nSPS) is 15.4. The molecule has 0 saturated carbocycles. The van der Waals surface area contributed by atoms with Gasteiger partial charge in [0.1, 0.15) is 18.0 Å². The molecule has 1 aliphatic rings. The van der Waals surface area contributed by atoms with Gasteiger partial charge in [-0.3, -0.25) is 4.79 Å². The van der Waals surface area contributed by atoms with Crippen molar-refractivity contribution in [2.75, 3.05) is 50.7 Å². The zero-order valence-electron chi connectivity index (χ0n) is 20.4. The first-order chi connectivity index (χ1) is 15.8. The van der Waals surface area contributed by atoms with Crippen LogP contribution in [0.4, 0.5) is 15.8 Å². The van der Waals surface area contributed by atoms with E-state index < -0.39 is 5.97 Å². The molecule has 2 aromatic rings. The Morgan fingerprint density at radius 3 is 2.64 bits per heavy atom. The van der Waals surface area contributed by atoms with Crippen LogP contribution >= 0.6 is 0 Å².